The third kappa shape index (κ3) is 4.90. The van der Waals surface area contributed by atoms with Crippen LogP contribution in [0, 0.1) is 0 Å². The summed E-state index contributed by atoms with van der Waals surface area (Å²) in [5.41, 5.74) is 1.03. The van der Waals surface area contributed by atoms with Crippen molar-refractivity contribution >= 4 is 21.9 Å². The second-order valence-corrected chi connectivity index (χ2v) is 5.42. The fourth-order valence-corrected chi connectivity index (χ4v) is 2.18. The molecule has 1 atom stereocenters. The predicted molar refractivity (Wildman–Crippen MR) is 85.3 cm³/mol. The van der Waals surface area contributed by atoms with Gasteiger partial charge in [-0.15, -0.1) is 0 Å². The number of halogens is 1. The average Bonchev–Trinajstić information content (AvgIpc) is 2.50. The summed E-state index contributed by atoms with van der Waals surface area (Å²) in [5, 5.41) is 0. The average molecular weight is 349 g/mol. The minimum atomic E-state index is -0.645. The van der Waals surface area contributed by atoms with E-state index >= 15 is 0 Å². The van der Waals surface area contributed by atoms with E-state index in [-0.39, 0.29) is 5.97 Å². The first-order chi connectivity index (χ1) is 10.2. The summed E-state index contributed by atoms with van der Waals surface area (Å²) in [5.74, 6) is 0.302. The molecule has 0 aliphatic heterocycles. The van der Waals surface area contributed by atoms with E-state index in [9.17, 15) is 4.79 Å². The molecule has 0 aliphatic carbocycles. The second-order valence-electron chi connectivity index (χ2n) is 4.50. The van der Waals surface area contributed by atoms with E-state index in [4.69, 9.17) is 9.47 Å². The molecule has 0 spiro atoms. The van der Waals surface area contributed by atoms with Gasteiger partial charge < -0.3 is 9.47 Å². The Kier molecular flexibility index (Phi) is 5.81. The van der Waals surface area contributed by atoms with Crippen LogP contribution in [0.5, 0.6) is 5.75 Å². The van der Waals surface area contributed by atoms with Gasteiger partial charge in [-0.25, -0.2) is 4.79 Å². The molecule has 0 bridgehead atoms. The number of esters is 1. The smallest absolute Gasteiger partial charge is 0.347 e. The number of hydrogen-bond donors (Lipinski definition) is 0. The molecular weight excluding hydrogens is 332 g/mol. The Morgan fingerprint density at radius 1 is 1.10 bits per heavy atom. The van der Waals surface area contributed by atoms with E-state index in [1.165, 1.54) is 0 Å². The van der Waals surface area contributed by atoms with Gasteiger partial charge in [0, 0.05) is 10.9 Å². The van der Waals surface area contributed by atoms with Gasteiger partial charge in [-0.05, 0) is 36.8 Å². The Bertz CT molecular complexity index is 566. The third-order valence-corrected chi connectivity index (χ3v) is 3.43. The van der Waals surface area contributed by atoms with Crippen LogP contribution in [0.25, 0.3) is 0 Å². The number of benzene rings is 2. The second kappa shape index (κ2) is 7.84. The van der Waals surface area contributed by atoms with Gasteiger partial charge in [0.25, 0.3) is 0 Å². The molecule has 0 amide bonds. The zero-order chi connectivity index (χ0) is 15.1. The molecule has 0 heterocycles. The lowest BCUT2D eigenvalue weighted by Gasteiger charge is -2.18. The summed E-state index contributed by atoms with van der Waals surface area (Å²) in [4.78, 5) is 12.1. The SMILES string of the molecule is CCOC(=O)[C@@H](Cc1ccccc1)Oc1ccc(Br)cc1. The van der Waals surface area contributed by atoms with Gasteiger partial charge in [-0.2, -0.15) is 0 Å². The van der Waals surface area contributed by atoms with Crippen molar-refractivity contribution in [2.45, 2.75) is 19.4 Å². The molecule has 0 fully saturated rings. The largest absolute Gasteiger partial charge is 0.478 e. The Labute approximate surface area is 133 Å². The van der Waals surface area contributed by atoms with E-state index in [2.05, 4.69) is 15.9 Å². The summed E-state index contributed by atoms with van der Waals surface area (Å²) in [6, 6.07) is 17.2. The molecule has 21 heavy (non-hydrogen) atoms. The molecule has 0 aromatic heterocycles. The van der Waals surface area contributed by atoms with Crippen molar-refractivity contribution in [1.82, 2.24) is 0 Å². The van der Waals surface area contributed by atoms with Gasteiger partial charge in [0.2, 0.25) is 0 Å². The van der Waals surface area contributed by atoms with Crippen LogP contribution in [-0.4, -0.2) is 18.7 Å². The first kappa shape index (κ1) is 15.6. The van der Waals surface area contributed by atoms with E-state index in [0.717, 1.165) is 10.0 Å². The van der Waals surface area contributed by atoms with Crippen molar-refractivity contribution in [3.63, 3.8) is 0 Å². The lowest BCUT2D eigenvalue weighted by atomic mass is 10.1. The molecule has 0 radical (unpaired) electrons. The molecule has 0 unspecified atom stereocenters. The van der Waals surface area contributed by atoms with Crippen LogP contribution in [0.4, 0.5) is 0 Å². The summed E-state index contributed by atoms with van der Waals surface area (Å²) >= 11 is 3.37. The van der Waals surface area contributed by atoms with Crippen LogP contribution in [-0.2, 0) is 16.0 Å². The first-order valence-electron chi connectivity index (χ1n) is 6.82. The molecule has 0 aliphatic rings. The van der Waals surface area contributed by atoms with E-state index in [1.54, 1.807) is 6.92 Å². The minimum absolute atomic E-state index is 0.341. The number of hydrogen-bond acceptors (Lipinski definition) is 3. The van der Waals surface area contributed by atoms with Crippen molar-refractivity contribution in [1.29, 1.82) is 0 Å². The summed E-state index contributed by atoms with van der Waals surface area (Å²) in [6.07, 6.45) is -0.163. The molecule has 0 N–H and O–H groups in total. The number of carbonyl (C=O) groups excluding carboxylic acids is 1. The van der Waals surface area contributed by atoms with Gasteiger partial charge in [0.1, 0.15) is 5.75 Å². The summed E-state index contributed by atoms with van der Waals surface area (Å²) in [7, 11) is 0. The Hall–Kier alpha value is -1.81. The van der Waals surface area contributed by atoms with Gasteiger partial charge in [-0.3, -0.25) is 0 Å². The van der Waals surface area contributed by atoms with E-state index in [0.29, 0.717) is 18.8 Å². The van der Waals surface area contributed by atoms with Crippen LogP contribution in [0.3, 0.4) is 0 Å². The Morgan fingerprint density at radius 3 is 2.38 bits per heavy atom. The molecule has 0 saturated heterocycles. The van der Waals surface area contributed by atoms with E-state index in [1.807, 2.05) is 54.6 Å². The van der Waals surface area contributed by atoms with Crippen molar-refractivity contribution in [2.24, 2.45) is 0 Å². The van der Waals surface area contributed by atoms with Crippen LogP contribution >= 0.6 is 15.9 Å². The van der Waals surface area contributed by atoms with Crippen molar-refractivity contribution in [3.8, 4) is 5.75 Å². The Balaban J connectivity index is 2.11. The lowest BCUT2D eigenvalue weighted by Crippen LogP contribution is -2.31. The highest BCUT2D eigenvalue weighted by atomic mass is 79.9. The molecular formula is C17H17BrO3. The standard InChI is InChI=1S/C17H17BrO3/c1-2-20-17(19)16(12-13-6-4-3-5-7-13)21-15-10-8-14(18)9-11-15/h3-11,16H,2,12H2,1H3/t16-/m1/s1. The van der Waals surface area contributed by atoms with Crippen LogP contribution in [0.15, 0.2) is 59.1 Å². The molecule has 3 nitrogen and oxygen atoms in total. The molecule has 2 rings (SSSR count). The quantitative estimate of drug-likeness (QED) is 0.740. The number of carbonyl (C=O) groups is 1. The number of ether oxygens (including phenoxy) is 2. The lowest BCUT2D eigenvalue weighted by molar-refractivity contribution is -0.151. The molecule has 110 valence electrons. The summed E-state index contributed by atoms with van der Waals surface area (Å²) < 4.78 is 11.9. The van der Waals surface area contributed by atoms with Crippen LogP contribution < -0.4 is 4.74 Å². The highest BCUT2D eigenvalue weighted by molar-refractivity contribution is 9.10. The predicted octanol–water partition coefficient (Wildman–Crippen LogP) is 4.00. The Morgan fingerprint density at radius 2 is 1.76 bits per heavy atom. The highest BCUT2D eigenvalue weighted by Crippen LogP contribution is 2.19. The highest BCUT2D eigenvalue weighted by Gasteiger charge is 2.22. The van der Waals surface area contributed by atoms with Gasteiger partial charge >= 0.3 is 5.97 Å². The van der Waals surface area contributed by atoms with Gasteiger partial charge in [0.05, 0.1) is 6.61 Å². The molecule has 2 aromatic rings. The maximum atomic E-state index is 12.1. The van der Waals surface area contributed by atoms with Gasteiger partial charge in [0.15, 0.2) is 6.10 Å². The molecule has 0 saturated carbocycles. The van der Waals surface area contributed by atoms with Crippen molar-refractivity contribution in [3.05, 3.63) is 64.6 Å². The minimum Gasteiger partial charge on any atom is -0.478 e. The number of rotatable bonds is 6. The monoisotopic (exact) mass is 348 g/mol. The maximum absolute atomic E-state index is 12.1. The normalized spacial score (nSPS) is 11.7. The van der Waals surface area contributed by atoms with Gasteiger partial charge in [-0.1, -0.05) is 46.3 Å². The molecule has 2 aromatic carbocycles. The van der Waals surface area contributed by atoms with Crippen molar-refractivity contribution < 1.29 is 14.3 Å². The molecule has 4 heteroatoms. The zero-order valence-corrected chi connectivity index (χ0v) is 13.4. The first-order valence-corrected chi connectivity index (χ1v) is 7.61. The zero-order valence-electron chi connectivity index (χ0n) is 11.8. The fourth-order valence-electron chi connectivity index (χ4n) is 1.91. The third-order valence-electron chi connectivity index (χ3n) is 2.91. The maximum Gasteiger partial charge on any atom is 0.347 e. The van der Waals surface area contributed by atoms with Crippen molar-refractivity contribution in [2.75, 3.05) is 6.61 Å². The van der Waals surface area contributed by atoms with E-state index < -0.39 is 6.10 Å². The topological polar surface area (TPSA) is 35.5 Å². The van der Waals surface area contributed by atoms with Crippen LogP contribution in [0.1, 0.15) is 12.5 Å². The fraction of sp³-hybridized carbons (Fsp3) is 0.235. The summed E-state index contributed by atoms with van der Waals surface area (Å²) in [6.45, 7) is 2.13. The van der Waals surface area contributed by atoms with Crippen LogP contribution in [0.2, 0.25) is 0 Å².